The number of hydrogen-bond donors (Lipinski definition) is 0. The molecule has 0 fully saturated rings. The van der Waals surface area contributed by atoms with E-state index in [-0.39, 0.29) is 12.4 Å². The normalized spacial score (nSPS) is 23.8. The van der Waals surface area contributed by atoms with Crippen LogP contribution in [-0.2, 0) is 38.1 Å². The second-order valence-corrected chi connectivity index (χ2v) is 5.08. The highest BCUT2D eigenvalue weighted by Crippen LogP contribution is 2.27. The average molecular weight is 381 g/mol. The van der Waals surface area contributed by atoms with E-state index < -0.39 is 36.4 Å². The number of esters is 3. The highest BCUT2D eigenvalue weighted by molar-refractivity contribution is 9.09. The van der Waals surface area contributed by atoms with Gasteiger partial charge in [-0.15, -0.1) is 0 Å². The number of hydrogen-bond acceptors (Lipinski definition) is 8. The summed E-state index contributed by atoms with van der Waals surface area (Å²) in [4.78, 5) is 33.7. The van der Waals surface area contributed by atoms with Crippen LogP contribution < -0.4 is 0 Å². The van der Waals surface area contributed by atoms with Gasteiger partial charge in [-0.1, -0.05) is 15.9 Å². The van der Waals surface area contributed by atoms with Gasteiger partial charge in [0.1, 0.15) is 6.26 Å². The fraction of sp³-hybridized carbons (Fsp3) is 0.615. The number of alkyl halides is 1. The van der Waals surface area contributed by atoms with Gasteiger partial charge in [0.05, 0.1) is 6.61 Å². The summed E-state index contributed by atoms with van der Waals surface area (Å²) >= 11 is 3.19. The molecule has 0 aromatic rings. The van der Waals surface area contributed by atoms with Crippen molar-refractivity contribution < 1.29 is 38.1 Å². The zero-order valence-corrected chi connectivity index (χ0v) is 14.0. The zero-order valence-electron chi connectivity index (χ0n) is 12.4. The zero-order chi connectivity index (χ0) is 16.7. The van der Waals surface area contributed by atoms with Crippen molar-refractivity contribution in [1.82, 2.24) is 0 Å². The lowest BCUT2D eigenvalue weighted by molar-refractivity contribution is -0.225. The van der Waals surface area contributed by atoms with Gasteiger partial charge < -0.3 is 23.7 Å². The van der Waals surface area contributed by atoms with E-state index in [1.807, 2.05) is 0 Å². The Morgan fingerprint density at radius 1 is 1.14 bits per heavy atom. The first-order valence-corrected chi connectivity index (χ1v) is 7.53. The monoisotopic (exact) mass is 380 g/mol. The Bertz CT molecular complexity index is 461. The van der Waals surface area contributed by atoms with E-state index >= 15 is 0 Å². The third kappa shape index (κ3) is 5.64. The summed E-state index contributed by atoms with van der Waals surface area (Å²) in [6.07, 6.45) is -2.13. The topological polar surface area (TPSA) is 97.4 Å². The lowest BCUT2D eigenvalue weighted by Gasteiger charge is -2.35. The quantitative estimate of drug-likeness (QED) is 0.382. The molecule has 22 heavy (non-hydrogen) atoms. The van der Waals surface area contributed by atoms with Gasteiger partial charge in [0, 0.05) is 26.1 Å². The molecule has 0 amide bonds. The summed E-state index contributed by atoms with van der Waals surface area (Å²) in [6, 6.07) is 0. The Hall–Kier alpha value is -1.61. The number of carbonyl (C=O) groups is 3. The Morgan fingerprint density at radius 3 is 2.27 bits per heavy atom. The molecule has 0 aromatic carbocycles. The molecule has 3 unspecified atom stereocenters. The van der Waals surface area contributed by atoms with E-state index in [4.69, 9.17) is 23.7 Å². The maximum atomic E-state index is 11.3. The Balaban J connectivity index is 3.04. The van der Waals surface area contributed by atoms with Crippen LogP contribution in [0.25, 0.3) is 0 Å². The van der Waals surface area contributed by atoms with Crippen LogP contribution in [0.1, 0.15) is 20.8 Å². The fourth-order valence-electron chi connectivity index (χ4n) is 1.74. The molecule has 8 nitrogen and oxygen atoms in total. The molecule has 0 N–H and O–H groups in total. The highest BCUT2D eigenvalue weighted by atomic mass is 79.9. The molecule has 0 saturated heterocycles. The predicted molar refractivity (Wildman–Crippen MR) is 75.6 cm³/mol. The first-order valence-electron chi connectivity index (χ1n) is 6.41. The van der Waals surface area contributed by atoms with Crippen LogP contribution in [0, 0.1) is 0 Å². The van der Waals surface area contributed by atoms with Crippen molar-refractivity contribution >= 4 is 33.8 Å². The van der Waals surface area contributed by atoms with Crippen LogP contribution in [0.15, 0.2) is 12.0 Å². The molecule has 124 valence electrons. The standard InChI is InChI=1S/C13H17BrO8/c1-7(15)20-10-6-19-13(18-5-4-14)12(22-9(3)17)11(10)21-8(2)16/h6,11-13H,4-5H2,1-3H3. The van der Waals surface area contributed by atoms with Crippen LogP contribution in [0.2, 0.25) is 0 Å². The Morgan fingerprint density at radius 2 is 1.77 bits per heavy atom. The van der Waals surface area contributed by atoms with Gasteiger partial charge in [0.15, 0.2) is 5.76 Å². The van der Waals surface area contributed by atoms with E-state index in [0.717, 1.165) is 6.26 Å². The van der Waals surface area contributed by atoms with Crippen molar-refractivity contribution in [3.05, 3.63) is 12.0 Å². The van der Waals surface area contributed by atoms with Crippen LogP contribution in [0.5, 0.6) is 0 Å². The smallest absolute Gasteiger partial charge is 0.307 e. The molecular formula is C13H17BrO8. The molecular weight excluding hydrogens is 364 g/mol. The number of carbonyl (C=O) groups excluding carboxylic acids is 3. The Labute approximate surface area is 135 Å². The van der Waals surface area contributed by atoms with Crippen molar-refractivity contribution in [1.29, 1.82) is 0 Å². The van der Waals surface area contributed by atoms with Crippen molar-refractivity contribution in [3.8, 4) is 0 Å². The third-order valence-corrected chi connectivity index (χ3v) is 2.70. The second kappa shape index (κ2) is 8.74. The van der Waals surface area contributed by atoms with E-state index in [2.05, 4.69) is 15.9 Å². The molecule has 0 spiro atoms. The summed E-state index contributed by atoms with van der Waals surface area (Å²) in [6.45, 7) is 3.82. The summed E-state index contributed by atoms with van der Waals surface area (Å²) in [5, 5.41) is 0.526. The van der Waals surface area contributed by atoms with Crippen molar-refractivity contribution in [2.45, 2.75) is 39.3 Å². The molecule has 1 heterocycles. The molecule has 1 aliphatic rings. The Kier molecular flexibility index (Phi) is 7.33. The van der Waals surface area contributed by atoms with E-state index in [1.165, 1.54) is 20.8 Å². The fourth-order valence-corrected chi connectivity index (χ4v) is 1.93. The summed E-state index contributed by atoms with van der Waals surface area (Å²) in [5.41, 5.74) is 0. The SMILES string of the molecule is CC(=O)OC1=COC(OCCBr)C(OC(C)=O)C1OC(C)=O. The maximum Gasteiger partial charge on any atom is 0.307 e. The van der Waals surface area contributed by atoms with E-state index in [0.29, 0.717) is 5.33 Å². The number of halogens is 1. The lowest BCUT2D eigenvalue weighted by atomic mass is 10.1. The maximum absolute atomic E-state index is 11.3. The van der Waals surface area contributed by atoms with Crippen molar-refractivity contribution in [3.63, 3.8) is 0 Å². The average Bonchev–Trinajstić information content (AvgIpc) is 2.40. The van der Waals surface area contributed by atoms with Gasteiger partial charge in [-0.05, 0) is 0 Å². The molecule has 1 rings (SSSR count). The van der Waals surface area contributed by atoms with Gasteiger partial charge in [0.2, 0.25) is 18.5 Å². The molecule has 0 aliphatic carbocycles. The third-order valence-electron chi connectivity index (χ3n) is 2.38. The minimum absolute atomic E-state index is 0.0763. The van der Waals surface area contributed by atoms with Gasteiger partial charge in [0.25, 0.3) is 0 Å². The number of rotatable bonds is 6. The minimum atomic E-state index is -1.14. The molecule has 9 heteroatoms. The first kappa shape index (κ1) is 18.4. The van der Waals surface area contributed by atoms with Gasteiger partial charge in [-0.2, -0.15) is 0 Å². The summed E-state index contributed by atoms with van der Waals surface area (Å²) < 4.78 is 25.8. The van der Waals surface area contributed by atoms with Crippen LogP contribution >= 0.6 is 15.9 Å². The van der Waals surface area contributed by atoms with Crippen LogP contribution in [-0.4, -0.2) is 48.3 Å². The lowest BCUT2D eigenvalue weighted by Crippen LogP contribution is -2.49. The molecule has 0 saturated carbocycles. The van der Waals surface area contributed by atoms with Gasteiger partial charge in [-0.3, -0.25) is 14.4 Å². The number of ether oxygens (including phenoxy) is 5. The predicted octanol–water partition coefficient (Wildman–Crippen LogP) is 1.02. The van der Waals surface area contributed by atoms with E-state index in [1.54, 1.807) is 0 Å². The molecule has 1 aliphatic heterocycles. The minimum Gasteiger partial charge on any atom is -0.465 e. The first-order chi connectivity index (χ1) is 10.3. The molecule has 0 aromatic heterocycles. The molecule has 3 atom stereocenters. The van der Waals surface area contributed by atoms with Crippen LogP contribution in [0.4, 0.5) is 0 Å². The largest absolute Gasteiger partial charge is 0.465 e. The van der Waals surface area contributed by atoms with E-state index in [9.17, 15) is 14.4 Å². The summed E-state index contributed by atoms with van der Waals surface area (Å²) in [7, 11) is 0. The van der Waals surface area contributed by atoms with Gasteiger partial charge in [-0.25, -0.2) is 0 Å². The van der Waals surface area contributed by atoms with Crippen molar-refractivity contribution in [2.75, 3.05) is 11.9 Å². The van der Waals surface area contributed by atoms with Gasteiger partial charge >= 0.3 is 17.9 Å². The molecule has 0 radical (unpaired) electrons. The van der Waals surface area contributed by atoms with Crippen molar-refractivity contribution in [2.24, 2.45) is 0 Å². The van der Waals surface area contributed by atoms with Crippen LogP contribution in [0.3, 0.4) is 0 Å². The second-order valence-electron chi connectivity index (χ2n) is 4.28. The highest BCUT2D eigenvalue weighted by Gasteiger charge is 2.44. The molecule has 0 bridgehead atoms. The summed E-state index contributed by atoms with van der Waals surface area (Å²) in [5.74, 6) is -1.97.